The maximum atomic E-state index is 5.64. The first-order valence-corrected chi connectivity index (χ1v) is 4.74. The number of rotatable bonds is 2. The number of hydrogen-bond acceptors (Lipinski definition) is 3. The zero-order valence-electron chi connectivity index (χ0n) is 7.98. The summed E-state index contributed by atoms with van der Waals surface area (Å²) >= 11 is 0. The summed E-state index contributed by atoms with van der Waals surface area (Å²) in [5, 5.41) is 4.16. The van der Waals surface area contributed by atoms with E-state index in [1.54, 1.807) is 0 Å². The van der Waals surface area contributed by atoms with Crippen LogP contribution < -0.4 is 10.6 Å². The Morgan fingerprint density at radius 1 is 1.69 bits per heavy atom. The highest BCUT2D eigenvalue weighted by Crippen LogP contribution is 2.21. The monoisotopic (exact) mass is 180 g/mol. The molecule has 0 aliphatic carbocycles. The Bertz CT molecular complexity index is 281. The van der Waals surface area contributed by atoms with E-state index >= 15 is 0 Å². The average molecular weight is 180 g/mol. The maximum Gasteiger partial charge on any atom is 0.126 e. The molecule has 1 aliphatic heterocycles. The van der Waals surface area contributed by atoms with Crippen molar-refractivity contribution in [2.24, 2.45) is 18.7 Å². The van der Waals surface area contributed by atoms with Gasteiger partial charge in [-0.3, -0.25) is 4.68 Å². The summed E-state index contributed by atoms with van der Waals surface area (Å²) in [6.07, 6.45) is 3.05. The van der Waals surface area contributed by atoms with Gasteiger partial charge in [-0.1, -0.05) is 0 Å². The third kappa shape index (κ3) is 1.54. The summed E-state index contributed by atoms with van der Waals surface area (Å²) in [5.41, 5.74) is 5.64. The molecule has 1 atom stereocenters. The van der Waals surface area contributed by atoms with Crippen molar-refractivity contribution in [1.82, 2.24) is 9.78 Å². The van der Waals surface area contributed by atoms with E-state index in [-0.39, 0.29) is 0 Å². The molecule has 13 heavy (non-hydrogen) atoms. The van der Waals surface area contributed by atoms with Crippen molar-refractivity contribution in [1.29, 1.82) is 0 Å². The summed E-state index contributed by atoms with van der Waals surface area (Å²) in [6.45, 7) is 2.99. The summed E-state index contributed by atoms with van der Waals surface area (Å²) < 4.78 is 1.92. The van der Waals surface area contributed by atoms with Crippen LogP contribution in [0.2, 0.25) is 0 Å². The van der Waals surface area contributed by atoms with Crippen molar-refractivity contribution in [3.63, 3.8) is 0 Å². The van der Waals surface area contributed by atoms with Gasteiger partial charge in [0.05, 0.1) is 6.20 Å². The molecule has 4 heteroatoms. The first kappa shape index (κ1) is 8.56. The molecule has 4 nitrogen and oxygen atoms in total. The topological polar surface area (TPSA) is 47.1 Å². The smallest absolute Gasteiger partial charge is 0.126 e. The van der Waals surface area contributed by atoms with Gasteiger partial charge in [-0.05, 0) is 18.9 Å². The van der Waals surface area contributed by atoms with Crippen LogP contribution in [-0.4, -0.2) is 29.4 Å². The standard InChI is InChI=1S/C9H16N4/c1-12-9(2-4-11-12)13-5-3-8(6-10)7-13/h2,4,8H,3,5-7,10H2,1H3. The molecule has 0 radical (unpaired) electrons. The predicted octanol–water partition coefficient (Wildman–Crippen LogP) is 0.205. The second-order valence-corrected chi connectivity index (χ2v) is 3.65. The third-order valence-electron chi connectivity index (χ3n) is 2.74. The van der Waals surface area contributed by atoms with Crippen molar-refractivity contribution in [2.45, 2.75) is 6.42 Å². The van der Waals surface area contributed by atoms with Crippen LogP contribution in [0.5, 0.6) is 0 Å². The average Bonchev–Trinajstić information content (AvgIpc) is 2.71. The van der Waals surface area contributed by atoms with E-state index in [0.29, 0.717) is 5.92 Å². The van der Waals surface area contributed by atoms with Gasteiger partial charge in [0.15, 0.2) is 0 Å². The largest absolute Gasteiger partial charge is 0.356 e. The van der Waals surface area contributed by atoms with E-state index in [0.717, 1.165) is 19.6 Å². The van der Waals surface area contributed by atoms with E-state index in [1.807, 2.05) is 17.9 Å². The molecule has 2 N–H and O–H groups in total. The van der Waals surface area contributed by atoms with Crippen molar-refractivity contribution in [2.75, 3.05) is 24.5 Å². The molecule has 2 rings (SSSR count). The molecular formula is C9H16N4. The highest BCUT2D eigenvalue weighted by atomic mass is 15.4. The number of anilines is 1. The predicted molar refractivity (Wildman–Crippen MR) is 52.6 cm³/mol. The van der Waals surface area contributed by atoms with E-state index in [4.69, 9.17) is 5.73 Å². The lowest BCUT2D eigenvalue weighted by atomic mass is 10.1. The molecule has 1 saturated heterocycles. The van der Waals surface area contributed by atoms with Crippen molar-refractivity contribution < 1.29 is 0 Å². The van der Waals surface area contributed by atoms with Crippen molar-refractivity contribution >= 4 is 5.82 Å². The Hall–Kier alpha value is -1.03. The van der Waals surface area contributed by atoms with Gasteiger partial charge in [-0.25, -0.2) is 0 Å². The van der Waals surface area contributed by atoms with Gasteiger partial charge < -0.3 is 10.6 Å². The molecule has 1 fully saturated rings. The molecule has 1 aliphatic rings. The molecule has 2 heterocycles. The minimum atomic E-state index is 0.662. The fourth-order valence-corrected chi connectivity index (χ4v) is 1.91. The SMILES string of the molecule is Cn1nccc1N1CCC(CN)C1. The molecular weight excluding hydrogens is 164 g/mol. The highest BCUT2D eigenvalue weighted by molar-refractivity contribution is 5.39. The van der Waals surface area contributed by atoms with Gasteiger partial charge in [0.1, 0.15) is 5.82 Å². The number of nitrogens with zero attached hydrogens (tertiary/aromatic N) is 3. The van der Waals surface area contributed by atoms with Gasteiger partial charge in [-0.15, -0.1) is 0 Å². The van der Waals surface area contributed by atoms with Gasteiger partial charge in [0.2, 0.25) is 0 Å². The number of aryl methyl sites for hydroxylation is 1. The van der Waals surface area contributed by atoms with Crippen LogP contribution in [0.3, 0.4) is 0 Å². The lowest BCUT2D eigenvalue weighted by Gasteiger charge is -2.17. The molecule has 0 spiro atoms. The van der Waals surface area contributed by atoms with Crippen LogP contribution in [0.15, 0.2) is 12.3 Å². The molecule has 0 bridgehead atoms. The molecule has 0 aromatic carbocycles. The normalized spacial score (nSPS) is 22.6. The fourth-order valence-electron chi connectivity index (χ4n) is 1.91. The molecule has 1 aromatic rings. The minimum absolute atomic E-state index is 0.662. The lowest BCUT2D eigenvalue weighted by molar-refractivity contribution is 0.600. The van der Waals surface area contributed by atoms with Crippen LogP contribution in [-0.2, 0) is 7.05 Å². The Balaban J connectivity index is 2.08. The third-order valence-corrected chi connectivity index (χ3v) is 2.74. The van der Waals surface area contributed by atoms with Crippen LogP contribution in [0.25, 0.3) is 0 Å². The molecule has 72 valence electrons. The molecule has 0 amide bonds. The van der Waals surface area contributed by atoms with Crippen molar-refractivity contribution in [3.8, 4) is 0 Å². The summed E-state index contributed by atoms with van der Waals surface area (Å²) in [6, 6.07) is 2.05. The number of hydrogen-bond donors (Lipinski definition) is 1. The van der Waals surface area contributed by atoms with E-state index < -0.39 is 0 Å². The highest BCUT2D eigenvalue weighted by Gasteiger charge is 2.22. The Kier molecular flexibility index (Phi) is 2.22. The van der Waals surface area contributed by atoms with E-state index in [1.165, 1.54) is 12.2 Å². The number of aromatic nitrogens is 2. The van der Waals surface area contributed by atoms with Gasteiger partial charge in [0.25, 0.3) is 0 Å². The molecule has 0 saturated carbocycles. The lowest BCUT2D eigenvalue weighted by Crippen LogP contribution is -2.24. The zero-order chi connectivity index (χ0) is 9.26. The quantitative estimate of drug-likeness (QED) is 0.707. The minimum Gasteiger partial charge on any atom is -0.356 e. The zero-order valence-corrected chi connectivity index (χ0v) is 7.98. The summed E-state index contributed by atoms with van der Waals surface area (Å²) in [7, 11) is 1.98. The van der Waals surface area contributed by atoms with E-state index in [9.17, 15) is 0 Å². The molecule has 1 unspecified atom stereocenters. The molecule has 1 aromatic heterocycles. The van der Waals surface area contributed by atoms with Crippen molar-refractivity contribution in [3.05, 3.63) is 12.3 Å². The maximum absolute atomic E-state index is 5.64. The second-order valence-electron chi connectivity index (χ2n) is 3.65. The second kappa shape index (κ2) is 3.38. The van der Waals surface area contributed by atoms with Crippen LogP contribution >= 0.6 is 0 Å². The van der Waals surface area contributed by atoms with Gasteiger partial charge in [0, 0.05) is 26.2 Å². The van der Waals surface area contributed by atoms with Crippen LogP contribution in [0, 0.1) is 5.92 Å². The fraction of sp³-hybridized carbons (Fsp3) is 0.667. The van der Waals surface area contributed by atoms with Crippen LogP contribution in [0.1, 0.15) is 6.42 Å². The summed E-state index contributed by atoms with van der Waals surface area (Å²) in [5.74, 6) is 1.87. The number of nitrogens with two attached hydrogens (primary N) is 1. The van der Waals surface area contributed by atoms with Crippen LogP contribution in [0.4, 0.5) is 5.82 Å². The first-order valence-electron chi connectivity index (χ1n) is 4.74. The Morgan fingerprint density at radius 2 is 2.54 bits per heavy atom. The summed E-state index contributed by atoms with van der Waals surface area (Å²) in [4.78, 5) is 2.35. The van der Waals surface area contributed by atoms with E-state index in [2.05, 4.69) is 16.1 Å². The van der Waals surface area contributed by atoms with Gasteiger partial charge >= 0.3 is 0 Å². The van der Waals surface area contributed by atoms with Gasteiger partial charge in [-0.2, -0.15) is 5.10 Å². The Labute approximate surface area is 78.3 Å². The Morgan fingerprint density at radius 3 is 3.08 bits per heavy atom. The first-order chi connectivity index (χ1) is 6.31.